The first-order valence-electron chi connectivity index (χ1n) is 9.31. The van der Waals surface area contributed by atoms with Gasteiger partial charge < -0.3 is 10.6 Å². The van der Waals surface area contributed by atoms with Gasteiger partial charge in [-0.2, -0.15) is 0 Å². The molecule has 0 saturated carbocycles. The molecule has 0 aromatic heterocycles. The molecule has 1 aliphatic carbocycles. The third kappa shape index (κ3) is 4.72. The minimum absolute atomic E-state index is 0.00669. The summed E-state index contributed by atoms with van der Waals surface area (Å²) in [6, 6.07) is 17.9. The summed E-state index contributed by atoms with van der Waals surface area (Å²) in [5, 5.41) is 5.85. The van der Waals surface area contributed by atoms with Crippen molar-refractivity contribution in [1.82, 2.24) is 10.6 Å². The van der Waals surface area contributed by atoms with Crippen molar-refractivity contribution in [3.63, 3.8) is 0 Å². The second-order valence-corrected chi connectivity index (χ2v) is 7.05. The van der Waals surface area contributed by atoms with E-state index in [0.29, 0.717) is 5.92 Å². The number of benzene rings is 2. The monoisotopic (exact) mass is 350 g/mol. The molecule has 2 aromatic rings. The first-order valence-corrected chi connectivity index (χ1v) is 9.31. The van der Waals surface area contributed by atoms with Crippen LogP contribution >= 0.6 is 0 Å². The second kappa shape index (κ2) is 8.65. The number of carbonyl (C=O) groups excluding carboxylic acids is 2. The molecule has 3 rings (SSSR count). The van der Waals surface area contributed by atoms with Crippen molar-refractivity contribution in [3.8, 4) is 0 Å². The van der Waals surface area contributed by atoms with Gasteiger partial charge in [-0.3, -0.25) is 9.59 Å². The summed E-state index contributed by atoms with van der Waals surface area (Å²) in [6.45, 7) is 2.19. The average molecular weight is 350 g/mol. The predicted molar refractivity (Wildman–Crippen MR) is 103 cm³/mol. The summed E-state index contributed by atoms with van der Waals surface area (Å²) in [6.07, 6.45) is 3.57. The normalized spacial score (nSPS) is 19.1. The Kier molecular flexibility index (Phi) is 6.05. The van der Waals surface area contributed by atoms with Crippen LogP contribution in [0.25, 0.3) is 0 Å². The van der Waals surface area contributed by atoms with E-state index in [4.69, 9.17) is 0 Å². The summed E-state index contributed by atoms with van der Waals surface area (Å²) in [5.41, 5.74) is 3.47. The fourth-order valence-corrected chi connectivity index (χ4v) is 3.62. The number of aryl methyl sites for hydroxylation is 1. The molecule has 0 bridgehead atoms. The predicted octanol–water partition coefficient (Wildman–Crippen LogP) is 3.18. The number of hydrogen-bond donors (Lipinski definition) is 2. The highest BCUT2D eigenvalue weighted by Crippen LogP contribution is 2.32. The van der Waals surface area contributed by atoms with E-state index < -0.39 is 0 Å². The van der Waals surface area contributed by atoms with E-state index in [9.17, 15) is 9.59 Å². The molecule has 1 aliphatic rings. The zero-order valence-electron chi connectivity index (χ0n) is 15.2. The van der Waals surface area contributed by atoms with Gasteiger partial charge in [-0.1, -0.05) is 61.5 Å². The maximum absolute atomic E-state index is 12.4. The Labute approximate surface area is 155 Å². The summed E-state index contributed by atoms with van der Waals surface area (Å²) in [4.78, 5) is 24.4. The molecule has 4 heteroatoms. The van der Waals surface area contributed by atoms with Crippen LogP contribution in [0.1, 0.15) is 42.5 Å². The fourth-order valence-electron chi connectivity index (χ4n) is 3.62. The molecular weight excluding hydrogens is 324 g/mol. The maximum Gasteiger partial charge on any atom is 0.239 e. The molecule has 0 radical (unpaired) electrons. The van der Waals surface area contributed by atoms with Gasteiger partial charge in [-0.25, -0.2) is 0 Å². The first-order chi connectivity index (χ1) is 12.6. The van der Waals surface area contributed by atoms with Gasteiger partial charge in [0.25, 0.3) is 0 Å². The topological polar surface area (TPSA) is 58.2 Å². The van der Waals surface area contributed by atoms with E-state index in [2.05, 4.69) is 35.8 Å². The largest absolute Gasteiger partial charge is 0.347 e. The fraction of sp³-hybridized carbons (Fsp3) is 0.364. The zero-order chi connectivity index (χ0) is 18.4. The van der Waals surface area contributed by atoms with Gasteiger partial charge in [-0.15, -0.1) is 0 Å². The molecule has 0 fully saturated rings. The van der Waals surface area contributed by atoms with Crippen molar-refractivity contribution >= 4 is 11.8 Å². The number of rotatable bonds is 5. The van der Waals surface area contributed by atoms with Crippen molar-refractivity contribution in [2.75, 3.05) is 6.54 Å². The molecule has 2 aromatic carbocycles. The average Bonchev–Trinajstić information content (AvgIpc) is 2.80. The lowest BCUT2D eigenvalue weighted by Gasteiger charge is -2.25. The molecule has 2 N–H and O–H groups in total. The molecule has 0 heterocycles. The van der Waals surface area contributed by atoms with Crippen molar-refractivity contribution < 1.29 is 9.59 Å². The van der Waals surface area contributed by atoms with E-state index in [1.807, 2.05) is 36.4 Å². The summed E-state index contributed by atoms with van der Waals surface area (Å²) in [5.74, 6) is 0.100. The lowest BCUT2D eigenvalue weighted by molar-refractivity contribution is -0.126. The lowest BCUT2D eigenvalue weighted by Crippen LogP contribution is -2.40. The van der Waals surface area contributed by atoms with Crippen LogP contribution in [0.2, 0.25) is 0 Å². The number of carbonyl (C=O) groups is 2. The van der Waals surface area contributed by atoms with E-state index >= 15 is 0 Å². The van der Waals surface area contributed by atoms with Crippen molar-refractivity contribution in [2.24, 2.45) is 5.92 Å². The Morgan fingerprint density at radius 2 is 1.73 bits per heavy atom. The molecule has 2 atom stereocenters. The maximum atomic E-state index is 12.4. The third-order valence-corrected chi connectivity index (χ3v) is 5.03. The molecule has 0 aliphatic heterocycles. The van der Waals surface area contributed by atoms with Gasteiger partial charge in [0.2, 0.25) is 11.8 Å². The SMILES string of the molecule is C[C@@H]1CCCc2ccccc2[C@H]1NC(=O)CNC(=O)Cc1ccccc1. The Bertz CT molecular complexity index is 758. The van der Waals surface area contributed by atoms with Gasteiger partial charge >= 0.3 is 0 Å². The van der Waals surface area contributed by atoms with Crippen LogP contribution < -0.4 is 10.6 Å². The van der Waals surface area contributed by atoms with Gasteiger partial charge in [0.15, 0.2) is 0 Å². The Balaban J connectivity index is 1.56. The third-order valence-electron chi connectivity index (χ3n) is 5.03. The molecule has 0 saturated heterocycles. The first kappa shape index (κ1) is 18.2. The molecule has 2 amide bonds. The van der Waals surface area contributed by atoms with Gasteiger partial charge in [-0.05, 0) is 41.9 Å². The van der Waals surface area contributed by atoms with E-state index in [-0.39, 0.29) is 30.8 Å². The minimum atomic E-state index is -0.139. The molecular formula is C22H26N2O2. The molecule has 4 nitrogen and oxygen atoms in total. The molecule has 0 unspecified atom stereocenters. The molecule has 136 valence electrons. The van der Waals surface area contributed by atoms with Crippen LogP contribution in [0.4, 0.5) is 0 Å². The van der Waals surface area contributed by atoms with Crippen LogP contribution in [0, 0.1) is 5.92 Å². The van der Waals surface area contributed by atoms with Gasteiger partial charge in [0.1, 0.15) is 0 Å². The number of amides is 2. The Morgan fingerprint density at radius 1 is 1.00 bits per heavy atom. The van der Waals surface area contributed by atoms with Crippen LogP contribution in [0.15, 0.2) is 54.6 Å². The van der Waals surface area contributed by atoms with Crippen LogP contribution in [-0.2, 0) is 22.4 Å². The van der Waals surface area contributed by atoms with Crippen molar-refractivity contribution in [3.05, 3.63) is 71.3 Å². The lowest BCUT2D eigenvalue weighted by atomic mass is 9.92. The Morgan fingerprint density at radius 3 is 2.54 bits per heavy atom. The summed E-state index contributed by atoms with van der Waals surface area (Å²) >= 11 is 0. The van der Waals surface area contributed by atoms with Crippen molar-refractivity contribution in [2.45, 2.75) is 38.6 Å². The van der Waals surface area contributed by atoms with Crippen LogP contribution in [-0.4, -0.2) is 18.4 Å². The second-order valence-electron chi connectivity index (χ2n) is 7.05. The quantitative estimate of drug-likeness (QED) is 0.814. The van der Waals surface area contributed by atoms with Crippen molar-refractivity contribution in [1.29, 1.82) is 0 Å². The van der Waals surface area contributed by atoms with E-state index in [1.54, 1.807) is 0 Å². The molecule has 0 spiro atoms. The highest BCUT2D eigenvalue weighted by molar-refractivity contribution is 5.85. The van der Waals surface area contributed by atoms with E-state index in [0.717, 1.165) is 24.8 Å². The summed E-state index contributed by atoms with van der Waals surface area (Å²) in [7, 11) is 0. The minimum Gasteiger partial charge on any atom is -0.347 e. The zero-order valence-corrected chi connectivity index (χ0v) is 15.2. The van der Waals surface area contributed by atoms with Crippen LogP contribution in [0.3, 0.4) is 0 Å². The smallest absolute Gasteiger partial charge is 0.239 e. The standard InChI is InChI=1S/C22H26N2O2/c1-16-8-7-12-18-11-5-6-13-19(18)22(16)24-21(26)15-23-20(25)14-17-9-3-2-4-10-17/h2-6,9-11,13,16,22H,7-8,12,14-15H2,1H3,(H,23,25)(H,24,26)/t16-,22+/m1/s1. The Hall–Kier alpha value is -2.62. The highest BCUT2D eigenvalue weighted by Gasteiger charge is 2.26. The molecule has 26 heavy (non-hydrogen) atoms. The summed E-state index contributed by atoms with van der Waals surface area (Å²) < 4.78 is 0. The number of nitrogens with one attached hydrogen (secondary N) is 2. The number of hydrogen-bond acceptors (Lipinski definition) is 2. The highest BCUT2D eigenvalue weighted by atomic mass is 16.2. The van der Waals surface area contributed by atoms with Crippen LogP contribution in [0.5, 0.6) is 0 Å². The van der Waals surface area contributed by atoms with Gasteiger partial charge in [0.05, 0.1) is 19.0 Å². The van der Waals surface area contributed by atoms with Gasteiger partial charge in [0, 0.05) is 0 Å². The van der Waals surface area contributed by atoms with E-state index in [1.165, 1.54) is 11.1 Å². The number of fused-ring (bicyclic) bond motifs is 1.